The van der Waals surface area contributed by atoms with E-state index in [9.17, 15) is 0 Å². The van der Waals surface area contributed by atoms with Gasteiger partial charge in [0.15, 0.2) is 12.2 Å². The van der Waals surface area contributed by atoms with Crippen LogP contribution in [0.15, 0.2) is 6.33 Å². The number of nitrogens with zero attached hydrogens (tertiary/aromatic N) is 6. The molecule has 0 radical (unpaired) electrons. The number of rotatable bonds is 4. The maximum atomic E-state index is 4.85. The van der Waals surface area contributed by atoms with E-state index in [1.807, 2.05) is 13.3 Å². The summed E-state index contributed by atoms with van der Waals surface area (Å²) in [7, 11) is -1.73. The molecule has 0 amide bonds. The van der Waals surface area contributed by atoms with E-state index in [4.69, 9.17) is 5.10 Å². The average molecular weight is 323 g/mol. The van der Waals surface area contributed by atoms with Gasteiger partial charge >= 0.3 is 7.87 Å². The molecule has 0 unspecified atom stereocenters. The van der Waals surface area contributed by atoms with E-state index in [1.165, 1.54) is 77.8 Å². The number of aromatic nitrogens is 3. The van der Waals surface area contributed by atoms with Crippen LogP contribution in [0.1, 0.15) is 44.3 Å². The summed E-state index contributed by atoms with van der Waals surface area (Å²) in [5, 5.41) is 4.85. The Labute approximate surface area is 134 Å². The first kappa shape index (κ1) is 15.0. The Morgan fingerprint density at radius 3 is 1.50 bits per heavy atom. The standard InChI is InChI=1S/C15H28N6P/c1-15-16-14-21(17-15)22(18-8-2-3-9-18,19-10-4-5-11-19)20-12-6-7-13-20/h14H,2-13H2,1H3/q+1. The van der Waals surface area contributed by atoms with Gasteiger partial charge in [0.1, 0.15) is 0 Å². The van der Waals surface area contributed by atoms with Gasteiger partial charge in [-0.3, -0.25) is 0 Å². The highest BCUT2D eigenvalue weighted by molar-refractivity contribution is 7.67. The minimum atomic E-state index is -1.73. The number of aryl methyl sites for hydroxylation is 1. The molecule has 3 saturated heterocycles. The molecular formula is C15H28N6P+. The second kappa shape index (κ2) is 6.16. The average Bonchev–Trinajstić information content (AvgIpc) is 3.31. The smallest absolute Gasteiger partial charge is 0.216 e. The molecule has 0 spiro atoms. The van der Waals surface area contributed by atoms with Crippen LogP contribution in [0.5, 0.6) is 0 Å². The van der Waals surface area contributed by atoms with Crippen molar-refractivity contribution in [2.45, 2.75) is 45.4 Å². The van der Waals surface area contributed by atoms with Crippen molar-refractivity contribution in [2.75, 3.05) is 39.3 Å². The molecule has 0 bridgehead atoms. The molecule has 22 heavy (non-hydrogen) atoms. The van der Waals surface area contributed by atoms with E-state index < -0.39 is 7.87 Å². The summed E-state index contributed by atoms with van der Waals surface area (Å²) in [6.45, 7) is 9.35. The third kappa shape index (κ3) is 2.32. The van der Waals surface area contributed by atoms with Crippen LogP contribution >= 0.6 is 7.87 Å². The third-order valence-electron chi connectivity index (χ3n) is 5.26. The largest absolute Gasteiger partial charge is 0.354 e. The first-order valence-corrected chi connectivity index (χ1v) is 10.5. The molecule has 4 heterocycles. The number of hydrogen-bond acceptors (Lipinski definition) is 5. The summed E-state index contributed by atoms with van der Waals surface area (Å²) >= 11 is 0. The summed E-state index contributed by atoms with van der Waals surface area (Å²) in [4.78, 5) is 4.50. The lowest BCUT2D eigenvalue weighted by molar-refractivity contribution is 0.356. The van der Waals surface area contributed by atoms with Gasteiger partial charge in [0.25, 0.3) is 0 Å². The molecule has 1 aromatic heterocycles. The van der Waals surface area contributed by atoms with Crippen molar-refractivity contribution < 1.29 is 0 Å². The third-order valence-corrected chi connectivity index (χ3v) is 9.48. The molecule has 3 fully saturated rings. The van der Waals surface area contributed by atoms with Crippen LogP contribution < -0.4 is 0 Å². The molecular weight excluding hydrogens is 295 g/mol. The van der Waals surface area contributed by atoms with Gasteiger partial charge in [-0.05, 0) is 45.4 Å². The number of hydrogen-bond donors (Lipinski definition) is 0. The molecule has 0 N–H and O–H groups in total. The topological polar surface area (TPSA) is 40.4 Å². The highest BCUT2D eigenvalue weighted by Crippen LogP contribution is 2.70. The summed E-state index contributed by atoms with van der Waals surface area (Å²) < 4.78 is 10.6. The highest BCUT2D eigenvalue weighted by atomic mass is 31.2. The van der Waals surface area contributed by atoms with Gasteiger partial charge in [-0.25, -0.2) is 4.98 Å². The van der Waals surface area contributed by atoms with Crippen LogP contribution in [-0.4, -0.2) is 67.8 Å². The molecule has 3 aliphatic rings. The zero-order chi connectivity index (χ0) is 15.0. The summed E-state index contributed by atoms with van der Waals surface area (Å²) in [6, 6.07) is 0. The Hall–Kier alpha value is -0.550. The minimum Gasteiger partial charge on any atom is -0.216 e. The first-order valence-electron chi connectivity index (χ1n) is 8.86. The van der Waals surface area contributed by atoms with Crippen molar-refractivity contribution in [2.24, 2.45) is 0 Å². The molecule has 4 rings (SSSR count). The molecule has 0 atom stereocenters. The van der Waals surface area contributed by atoms with Crippen molar-refractivity contribution in [3.63, 3.8) is 0 Å². The Morgan fingerprint density at radius 2 is 1.18 bits per heavy atom. The maximum absolute atomic E-state index is 4.85. The minimum absolute atomic E-state index is 0.905. The lowest BCUT2D eigenvalue weighted by Crippen LogP contribution is -2.46. The monoisotopic (exact) mass is 323 g/mol. The molecule has 0 aliphatic carbocycles. The van der Waals surface area contributed by atoms with Crippen LogP contribution in [0.3, 0.4) is 0 Å². The highest BCUT2D eigenvalue weighted by Gasteiger charge is 2.61. The van der Waals surface area contributed by atoms with Crippen LogP contribution in [0.2, 0.25) is 0 Å². The van der Waals surface area contributed by atoms with Crippen molar-refractivity contribution >= 4 is 7.87 Å². The lowest BCUT2D eigenvalue weighted by Gasteiger charge is -2.42. The van der Waals surface area contributed by atoms with Crippen LogP contribution in [0, 0.1) is 6.92 Å². The molecule has 7 heteroatoms. The Morgan fingerprint density at radius 1 is 0.773 bits per heavy atom. The van der Waals surface area contributed by atoms with Gasteiger partial charge in [0.2, 0.25) is 0 Å². The van der Waals surface area contributed by atoms with Crippen molar-refractivity contribution in [1.29, 1.82) is 0 Å². The molecule has 6 nitrogen and oxygen atoms in total. The second-order valence-corrected chi connectivity index (χ2v) is 9.91. The van der Waals surface area contributed by atoms with Crippen molar-refractivity contribution in [1.82, 2.24) is 28.5 Å². The molecule has 0 aromatic carbocycles. The zero-order valence-electron chi connectivity index (χ0n) is 13.7. The first-order chi connectivity index (χ1) is 10.8. The van der Waals surface area contributed by atoms with E-state index in [0.717, 1.165) is 5.82 Å². The fraction of sp³-hybridized carbons (Fsp3) is 0.867. The quantitative estimate of drug-likeness (QED) is 0.796. The second-order valence-electron chi connectivity index (χ2n) is 6.73. The molecule has 0 saturated carbocycles. The van der Waals surface area contributed by atoms with Gasteiger partial charge in [0, 0.05) is 39.3 Å². The molecule has 122 valence electrons. The lowest BCUT2D eigenvalue weighted by atomic mass is 10.4. The molecule has 1 aromatic rings. The van der Waals surface area contributed by atoms with Gasteiger partial charge < -0.3 is 0 Å². The normalized spacial score (nSPS) is 25.5. The summed E-state index contributed by atoms with van der Waals surface area (Å²) in [5.74, 6) is 0.905. The van der Waals surface area contributed by atoms with Crippen molar-refractivity contribution in [3.8, 4) is 0 Å². The van der Waals surface area contributed by atoms with Crippen LogP contribution in [0.4, 0.5) is 0 Å². The van der Waals surface area contributed by atoms with Gasteiger partial charge in [0.05, 0.1) is 0 Å². The summed E-state index contributed by atoms with van der Waals surface area (Å²) in [5.41, 5.74) is 0. The molecule has 3 aliphatic heterocycles. The predicted molar refractivity (Wildman–Crippen MR) is 89.5 cm³/mol. The Kier molecular flexibility index (Phi) is 4.20. The SMILES string of the molecule is Cc1ncn([P+](N2CCCC2)(N2CCCC2)N2CCCC2)n1. The fourth-order valence-corrected chi connectivity index (χ4v) is 9.05. The van der Waals surface area contributed by atoms with E-state index in [0.29, 0.717) is 0 Å². The van der Waals surface area contributed by atoms with E-state index >= 15 is 0 Å². The predicted octanol–water partition coefficient (Wildman–Crippen LogP) is 2.40. The summed E-state index contributed by atoms with van der Waals surface area (Å²) in [6.07, 6.45) is 9.99. The van der Waals surface area contributed by atoms with E-state index in [1.54, 1.807) is 0 Å². The van der Waals surface area contributed by atoms with Crippen LogP contribution in [0.25, 0.3) is 0 Å². The maximum Gasteiger partial charge on any atom is 0.354 e. The van der Waals surface area contributed by atoms with E-state index in [2.05, 4.69) is 23.4 Å². The van der Waals surface area contributed by atoms with Gasteiger partial charge in [-0.15, -0.1) is 19.1 Å². The zero-order valence-corrected chi connectivity index (χ0v) is 14.6. The van der Waals surface area contributed by atoms with Crippen LogP contribution in [-0.2, 0) is 0 Å². The Balaban J connectivity index is 1.81. The van der Waals surface area contributed by atoms with E-state index in [-0.39, 0.29) is 0 Å². The van der Waals surface area contributed by atoms with Crippen molar-refractivity contribution in [3.05, 3.63) is 12.2 Å². The van der Waals surface area contributed by atoms with Gasteiger partial charge in [-0.1, -0.05) is 4.45 Å². The van der Waals surface area contributed by atoms with Gasteiger partial charge in [-0.2, -0.15) is 0 Å². The Bertz CT molecular complexity index is 459. The fourth-order valence-electron chi connectivity index (χ4n) is 4.30.